The van der Waals surface area contributed by atoms with E-state index in [1.807, 2.05) is 20.2 Å². The van der Waals surface area contributed by atoms with Gasteiger partial charge in [0, 0.05) is 34.9 Å². The molecule has 1 aromatic rings. The van der Waals surface area contributed by atoms with Crippen molar-refractivity contribution in [1.29, 1.82) is 0 Å². The molecule has 0 fully saturated rings. The molecule has 5 nitrogen and oxygen atoms in total. The van der Waals surface area contributed by atoms with E-state index < -0.39 is 0 Å². The van der Waals surface area contributed by atoms with Crippen molar-refractivity contribution in [1.82, 2.24) is 4.90 Å². The standard InChI is InChI=1S/C14H22BrN3O2/c1-10-6-12(11(15)7-13(10)18(19)20)16-8-14(2,3)9-17(4)5/h6-7,16H,8-9H2,1-5H3. The number of halogens is 1. The zero-order chi connectivity index (χ0) is 15.5. The van der Waals surface area contributed by atoms with Gasteiger partial charge < -0.3 is 10.2 Å². The normalized spacial score (nSPS) is 11.8. The second-order valence-corrected chi connectivity index (χ2v) is 6.99. The van der Waals surface area contributed by atoms with Crippen LogP contribution in [-0.2, 0) is 0 Å². The molecule has 0 saturated heterocycles. The fourth-order valence-electron chi connectivity index (χ4n) is 2.25. The fraction of sp³-hybridized carbons (Fsp3) is 0.571. The molecule has 20 heavy (non-hydrogen) atoms. The summed E-state index contributed by atoms with van der Waals surface area (Å²) in [5, 5.41) is 14.3. The SMILES string of the molecule is Cc1cc(NCC(C)(C)CN(C)C)c(Br)cc1[N+](=O)[O-]. The van der Waals surface area contributed by atoms with Gasteiger partial charge in [0.1, 0.15) is 0 Å². The van der Waals surface area contributed by atoms with Crippen molar-refractivity contribution in [3.8, 4) is 0 Å². The highest BCUT2D eigenvalue weighted by atomic mass is 79.9. The summed E-state index contributed by atoms with van der Waals surface area (Å²) in [4.78, 5) is 12.7. The molecule has 0 aromatic heterocycles. The van der Waals surface area contributed by atoms with E-state index in [9.17, 15) is 10.1 Å². The van der Waals surface area contributed by atoms with E-state index in [-0.39, 0.29) is 16.0 Å². The maximum Gasteiger partial charge on any atom is 0.273 e. The highest BCUT2D eigenvalue weighted by Gasteiger charge is 2.20. The molecule has 1 aromatic carbocycles. The summed E-state index contributed by atoms with van der Waals surface area (Å²) in [6, 6.07) is 3.37. The second kappa shape index (κ2) is 6.54. The lowest BCUT2D eigenvalue weighted by Gasteiger charge is -2.29. The number of nitrogens with zero attached hydrogens (tertiary/aromatic N) is 2. The first-order valence-corrected chi connectivity index (χ1v) is 7.25. The molecule has 0 aliphatic carbocycles. The predicted octanol–water partition coefficient (Wildman–Crippen LogP) is 3.67. The van der Waals surface area contributed by atoms with Crippen LogP contribution in [0, 0.1) is 22.5 Å². The van der Waals surface area contributed by atoms with Crippen molar-refractivity contribution in [2.24, 2.45) is 5.41 Å². The molecular formula is C14H22BrN3O2. The van der Waals surface area contributed by atoms with Gasteiger partial charge in [-0.05, 0) is 48.4 Å². The Morgan fingerprint density at radius 2 is 2.00 bits per heavy atom. The highest BCUT2D eigenvalue weighted by Crippen LogP contribution is 2.31. The summed E-state index contributed by atoms with van der Waals surface area (Å²) in [5.41, 5.74) is 1.79. The molecule has 6 heteroatoms. The lowest BCUT2D eigenvalue weighted by atomic mass is 9.93. The molecule has 1 N–H and O–H groups in total. The number of rotatable bonds is 6. The summed E-state index contributed by atoms with van der Waals surface area (Å²) in [7, 11) is 4.10. The molecule has 0 radical (unpaired) electrons. The lowest BCUT2D eigenvalue weighted by molar-refractivity contribution is -0.385. The highest BCUT2D eigenvalue weighted by molar-refractivity contribution is 9.10. The molecule has 0 heterocycles. The molecule has 0 amide bonds. The summed E-state index contributed by atoms with van der Waals surface area (Å²) < 4.78 is 0.718. The zero-order valence-electron chi connectivity index (χ0n) is 12.7. The van der Waals surface area contributed by atoms with Gasteiger partial charge in [-0.15, -0.1) is 0 Å². The van der Waals surface area contributed by atoms with E-state index in [1.165, 1.54) is 0 Å². The largest absolute Gasteiger partial charge is 0.384 e. The van der Waals surface area contributed by atoms with Gasteiger partial charge in [0.05, 0.1) is 4.92 Å². The molecule has 1 rings (SSSR count). The molecule has 0 saturated carbocycles. The Morgan fingerprint density at radius 3 is 2.50 bits per heavy atom. The first-order chi connectivity index (χ1) is 9.12. The van der Waals surface area contributed by atoms with E-state index in [0.29, 0.717) is 5.56 Å². The smallest absolute Gasteiger partial charge is 0.273 e. The Balaban J connectivity index is 2.84. The van der Waals surface area contributed by atoms with Crippen LogP contribution in [0.25, 0.3) is 0 Å². The number of nitro benzene ring substituents is 1. The monoisotopic (exact) mass is 343 g/mol. The maximum atomic E-state index is 10.9. The number of nitro groups is 1. The Labute approximate surface area is 128 Å². The molecule has 0 aliphatic heterocycles. The molecule has 0 atom stereocenters. The Kier molecular flexibility index (Phi) is 5.53. The Bertz CT molecular complexity index is 501. The van der Waals surface area contributed by atoms with Crippen LogP contribution in [0.4, 0.5) is 11.4 Å². The van der Waals surface area contributed by atoms with Crippen molar-refractivity contribution in [3.63, 3.8) is 0 Å². The van der Waals surface area contributed by atoms with Gasteiger partial charge in [0.2, 0.25) is 0 Å². The average molecular weight is 344 g/mol. The number of hydrogen-bond donors (Lipinski definition) is 1. The van der Waals surface area contributed by atoms with E-state index in [0.717, 1.165) is 23.2 Å². The molecule has 0 bridgehead atoms. The van der Waals surface area contributed by atoms with Gasteiger partial charge in [0.15, 0.2) is 0 Å². The van der Waals surface area contributed by atoms with Crippen molar-refractivity contribution in [2.75, 3.05) is 32.5 Å². The van der Waals surface area contributed by atoms with Crippen molar-refractivity contribution < 1.29 is 4.92 Å². The Morgan fingerprint density at radius 1 is 1.40 bits per heavy atom. The molecule has 0 unspecified atom stereocenters. The van der Waals surface area contributed by atoms with E-state index in [1.54, 1.807) is 13.0 Å². The van der Waals surface area contributed by atoms with Gasteiger partial charge in [-0.3, -0.25) is 10.1 Å². The first-order valence-electron chi connectivity index (χ1n) is 6.45. The van der Waals surface area contributed by atoms with Crippen LogP contribution in [0.2, 0.25) is 0 Å². The molecule has 0 spiro atoms. The minimum Gasteiger partial charge on any atom is -0.384 e. The summed E-state index contributed by atoms with van der Waals surface area (Å²) in [6.07, 6.45) is 0. The minimum absolute atomic E-state index is 0.110. The van der Waals surface area contributed by atoms with Gasteiger partial charge in [0.25, 0.3) is 5.69 Å². The number of nitrogens with one attached hydrogen (secondary N) is 1. The van der Waals surface area contributed by atoms with E-state index >= 15 is 0 Å². The van der Waals surface area contributed by atoms with Crippen LogP contribution >= 0.6 is 15.9 Å². The van der Waals surface area contributed by atoms with Crippen molar-refractivity contribution in [3.05, 3.63) is 32.3 Å². The Hall–Kier alpha value is -1.14. The third-order valence-electron chi connectivity index (χ3n) is 2.98. The molecule has 0 aliphatic rings. The second-order valence-electron chi connectivity index (χ2n) is 6.13. The van der Waals surface area contributed by atoms with Crippen molar-refractivity contribution in [2.45, 2.75) is 20.8 Å². The zero-order valence-corrected chi connectivity index (χ0v) is 14.2. The van der Waals surface area contributed by atoms with Crippen LogP contribution in [0.5, 0.6) is 0 Å². The quantitative estimate of drug-likeness (QED) is 0.632. The van der Waals surface area contributed by atoms with Crippen LogP contribution in [-0.4, -0.2) is 37.0 Å². The summed E-state index contributed by atoms with van der Waals surface area (Å²) in [6.45, 7) is 7.88. The topological polar surface area (TPSA) is 58.4 Å². The third kappa shape index (κ3) is 4.76. The van der Waals surface area contributed by atoms with Crippen LogP contribution in [0.15, 0.2) is 16.6 Å². The van der Waals surface area contributed by atoms with Gasteiger partial charge in [-0.1, -0.05) is 13.8 Å². The predicted molar refractivity (Wildman–Crippen MR) is 86.4 cm³/mol. The van der Waals surface area contributed by atoms with Crippen molar-refractivity contribution >= 4 is 27.3 Å². The molecular weight excluding hydrogens is 322 g/mol. The first kappa shape index (κ1) is 16.9. The number of benzene rings is 1. The summed E-state index contributed by atoms with van der Waals surface area (Å²) in [5.74, 6) is 0. The maximum absolute atomic E-state index is 10.9. The minimum atomic E-state index is -0.361. The third-order valence-corrected chi connectivity index (χ3v) is 3.64. The van der Waals surface area contributed by atoms with Gasteiger partial charge in [-0.2, -0.15) is 0 Å². The number of anilines is 1. The average Bonchev–Trinajstić information content (AvgIpc) is 2.27. The van der Waals surface area contributed by atoms with Crippen LogP contribution in [0.1, 0.15) is 19.4 Å². The number of aryl methyl sites for hydroxylation is 1. The van der Waals surface area contributed by atoms with E-state index in [2.05, 4.69) is 40.0 Å². The molecule has 112 valence electrons. The summed E-state index contributed by atoms with van der Waals surface area (Å²) >= 11 is 3.39. The van der Waals surface area contributed by atoms with Crippen LogP contribution < -0.4 is 5.32 Å². The van der Waals surface area contributed by atoms with E-state index in [4.69, 9.17) is 0 Å². The van der Waals surface area contributed by atoms with Gasteiger partial charge >= 0.3 is 0 Å². The van der Waals surface area contributed by atoms with Gasteiger partial charge in [-0.25, -0.2) is 0 Å². The fourth-order valence-corrected chi connectivity index (χ4v) is 2.72. The lowest BCUT2D eigenvalue weighted by Crippen LogP contribution is -2.34. The van der Waals surface area contributed by atoms with Crippen LogP contribution in [0.3, 0.4) is 0 Å². The number of hydrogen-bond acceptors (Lipinski definition) is 4.